The third-order valence-corrected chi connectivity index (χ3v) is 2.71. The van der Waals surface area contributed by atoms with Crippen LogP contribution >= 0.6 is 12.2 Å². The van der Waals surface area contributed by atoms with Crippen LogP contribution in [0.2, 0.25) is 0 Å². The zero-order valence-electron chi connectivity index (χ0n) is 10.9. The molecule has 0 saturated carbocycles. The first kappa shape index (κ1) is 15.2. The Kier molecular flexibility index (Phi) is 6.01. The summed E-state index contributed by atoms with van der Waals surface area (Å²) in [6.07, 6.45) is 2.11. The molecule has 6 nitrogen and oxygen atoms in total. The quantitative estimate of drug-likeness (QED) is 0.362. The number of hydrogen-bond donors (Lipinski definition) is 2. The molecule has 0 heterocycles. The van der Waals surface area contributed by atoms with Crippen LogP contribution in [-0.4, -0.2) is 23.7 Å². The number of nitro benzene ring substituents is 1. The zero-order valence-corrected chi connectivity index (χ0v) is 11.8. The fourth-order valence-corrected chi connectivity index (χ4v) is 1.65. The average Bonchev–Trinajstić information content (AvgIpc) is 2.39. The van der Waals surface area contributed by atoms with E-state index in [4.69, 9.17) is 17.0 Å². The first-order valence-corrected chi connectivity index (χ1v) is 6.36. The lowest BCUT2D eigenvalue weighted by Gasteiger charge is -2.12. The van der Waals surface area contributed by atoms with Crippen molar-refractivity contribution in [2.75, 3.05) is 19.0 Å². The standard InChI is InChI=1S/C12H17N3O3S/c1-3-4-7-13-12(19)14-10-6-5-9(15(16)17)8-11(10)18-2/h5-6,8H,3-4,7H2,1-2H3,(H2,13,14,19). The third-order valence-electron chi connectivity index (χ3n) is 2.46. The number of ether oxygens (including phenoxy) is 1. The predicted molar refractivity (Wildman–Crippen MR) is 78.8 cm³/mol. The molecule has 0 unspecified atom stereocenters. The van der Waals surface area contributed by atoms with E-state index in [0.717, 1.165) is 19.4 Å². The van der Waals surface area contributed by atoms with Crippen LogP contribution < -0.4 is 15.4 Å². The molecule has 0 aliphatic heterocycles. The maximum absolute atomic E-state index is 10.7. The highest BCUT2D eigenvalue weighted by Gasteiger charge is 2.11. The Balaban J connectivity index is 2.72. The molecule has 0 aliphatic carbocycles. The van der Waals surface area contributed by atoms with Gasteiger partial charge in [0.15, 0.2) is 5.11 Å². The summed E-state index contributed by atoms with van der Waals surface area (Å²) in [4.78, 5) is 10.2. The number of nitro groups is 1. The summed E-state index contributed by atoms with van der Waals surface area (Å²) < 4.78 is 5.11. The van der Waals surface area contributed by atoms with E-state index in [2.05, 4.69) is 17.6 Å². The van der Waals surface area contributed by atoms with Crippen LogP contribution in [0.3, 0.4) is 0 Å². The molecule has 0 aliphatic rings. The summed E-state index contributed by atoms with van der Waals surface area (Å²) in [5.74, 6) is 0.383. The molecule has 7 heteroatoms. The van der Waals surface area contributed by atoms with Gasteiger partial charge in [0.05, 0.1) is 23.8 Å². The summed E-state index contributed by atoms with van der Waals surface area (Å²) >= 11 is 5.13. The van der Waals surface area contributed by atoms with Crippen molar-refractivity contribution in [3.63, 3.8) is 0 Å². The van der Waals surface area contributed by atoms with Gasteiger partial charge in [-0.3, -0.25) is 10.1 Å². The van der Waals surface area contributed by atoms with Gasteiger partial charge in [0.2, 0.25) is 0 Å². The number of benzene rings is 1. The number of hydrogen-bond acceptors (Lipinski definition) is 4. The Labute approximate surface area is 117 Å². The molecule has 0 fully saturated rings. The summed E-state index contributed by atoms with van der Waals surface area (Å²) in [7, 11) is 1.46. The molecule has 0 saturated heterocycles. The third kappa shape index (κ3) is 4.70. The van der Waals surface area contributed by atoms with Crippen LogP contribution in [0.5, 0.6) is 5.75 Å². The van der Waals surface area contributed by atoms with Crippen molar-refractivity contribution < 1.29 is 9.66 Å². The fraction of sp³-hybridized carbons (Fsp3) is 0.417. The van der Waals surface area contributed by atoms with E-state index in [9.17, 15) is 10.1 Å². The number of nitrogens with zero attached hydrogens (tertiary/aromatic N) is 1. The molecule has 2 N–H and O–H groups in total. The van der Waals surface area contributed by atoms with E-state index in [1.165, 1.54) is 19.2 Å². The van der Waals surface area contributed by atoms with E-state index in [1.54, 1.807) is 6.07 Å². The smallest absolute Gasteiger partial charge is 0.273 e. The maximum Gasteiger partial charge on any atom is 0.273 e. The molecule has 1 aromatic carbocycles. The second kappa shape index (κ2) is 7.52. The molecule has 0 aromatic heterocycles. The van der Waals surface area contributed by atoms with E-state index < -0.39 is 4.92 Å². The van der Waals surface area contributed by atoms with Crippen molar-refractivity contribution in [3.8, 4) is 5.75 Å². The number of unbranched alkanes of at least 4 members (excludes halogenated alkanes) is 1. The van der Waals surface area contributed by atoms with Gasteiger partial charge in [-0.25, -0.2) is 0 Å². The van der Waals surface area contributed by atoms with Gasteiger partial charge in [-0.05, 0) is 24.7 Å². The largest absolute Gasteiger partial charge is 0.494 e. The Morgan fingerprint density at radius 1 is 1.53 bits per heavy atom. The van der Waals surface area contributed by atoms with Crippen LogP contribution in [0.25, 0.3) is 0 Å². The Morgan fingerprint density at radius 3 is 2.84 bits per heavy atom. The number of methoxy groups -OCH3 is 1. The van der Waals surface area contributed by atoms with Crippen molar-refractivity contribution in [1.82, 2.24) is 5.32 Å². The number of anilines is 1. The molecule has 19 heavy (non-hydrogen) atoms. The minimum Gasteiger partial charge on any atom is -0.494 e. The van der Waals surface area contributed by atoms with E-state index in [-0.39, 0.29) is 5.69 Å². The fourth-order valence-electron chi connectivity index (χ4n) is 1.44. The lowest BCUT2D eigenvalue weighted by molar-refractivity contribution is -0.384. The van der Waals surface area contributed by atoms with Crippen LogP contribution in [-0.2, 0) is 0 Å². The second-order valence-corrected chi connectivity index (χ2v) is 4.28. The van der Waals surface area contributed by atoms with E-state index >= 15 is 0 Å². The van der Waals surface area contributed by atoms with E-state index in [1.807, 2.05) is 0 Å². The molecule has 104 valence electrons. The molecule has 1 aromatic rings. The van der Waals surface area contributed by atoms with Gasteiger partial charge in [0.25, 0.3) is 5.69 Å². The highest BCUT2D eigenvalue weighted by molar-refractivity contribution is 7.80. The number of thiocarbonyl (C=S) groups is 1. The summed E-state index contributed by atoms with van der Waals surface area (Å²) in [6.45, 7) is 2.88. The van der Waals surface area contributed by atoms with Gasteiger partial charge < -0.3 is 15.4 Å². The molecule has 1 rings (SSSR count). The van der Waals surface area contributed by atoms with E-state index in [0.29, 0.717) is 16.5 Å². The predicted octanol–water partition coefficient (Wildman–Crippen LogP) is 2.69. The summed E-state index contributed by atoms with van der Waals surface area (Å²) in [5, 5.41) is 17.2. The molecule has 0 bridgehead atoms. The van der Waals surface area contributed by atoms with Crippen molar-refractivity contribution in [3.05, 3.63) is 28.3 Å². The van der Waals surface area contributed by atoms with Gasteiger partial charge in [-0.15, -0.1) is 0 Å². The summed E-state index contributed by atoms with van der Waals surface area (Å²) in [5.41, 5.74) is 0.578. The highest BCUT2D eigenvalue weighted by atomic mass is 32.1. The molecular weight excluding hydrogens is 266 g/mol. The first-order valence-electron chi connectivity index (χ1n) is 5.95. The Morgan fingerprint density at radius 2 is 2.26 bits per heavy atom. The van der Waals surface area contributed by atoms with Gasteiger partial charge in [-0.2, -0.15) is 0 Å². The monoisotopic (exact) mass is 283 g/mol. The first-order chi connectivity index (χ1) is 9.08. The van der Waals surface area contributed by atoms with Gasteiger partial charge >= 0.3 is 0 Å². The minimum absolute atomic E-state index is 0.0211. The molecule has 0 atom stereocenters. The average molecular weight is 283 g/mol. The number of nitrogens with one attached hydrogen (secondary N) is 2. The molecule has 0 radical (unpaired) electrons. The lowest BCUT2D eigenvalue weighted by atomic mass is 10.2. The lowest BCUT2D eigenvalue weighted by Crippen LogP contribution is -2.29. The second-order valence-electron chi connectivity index (χ2n) is 3.88. The summed E-state index contributed by atoms with van der Waals surface area (Å²) in [6, 6.07) is 4.33. The van der Waals surface area contributed by atoms with Crippen molar-refractivity contribution in [2.45, 2.75) is 19.8 Å². The van der Waals surface area contributed by atoms with Gasteiger partial charge in [-0.1, -0.05) is 13.3 Å². The maximum atomic E-state index is 10.7. The highest BCUT2D eigenvalue weighted by Crippen LogP contribution is 2.28. The van der Waals surface area contributed by atoms with Crippen LogP contribution in [0.1, 0.15) is 19.8 Å². The minimum atomic E-state index is -0.468. The van der Waals surface area contributed by atoms with Gasteiger partial charge in [0.1, 0.15) is 5.75 Å². The SMILES string of the molecule is CCCCNC(=S)Nc1ccc([N+](=O)[O-])cc1OC. The zero-order chi connectivity index (χ0) is 14.3. The van der Waals surface area contributed by atoms with Crippen LogP contribution in [0, 0.1) is 10.1 Å². The Hall–Kier alpha value is -1.89. The molecule has 0 amide bonds. The molecule has 0 spiro atoms. The van der Waals surface area contributed by atoms with Crippen molar-refractivity contribution in [1.29, 1.82) is 0 Å². The van der Waals surface area contributed by atoms with Crippen LogP contribution in [0.4, 0.5) is 11.4 Å². The van der Waals surface area contributed by atoms with Gasteiger partial charge in [0, 0.05) is 12.6 Å². The molecular formula is C12H17N3O3S. The van der Waals surface area contributed by atoms with Crippen molar-refractivity contribution in [2.24, 2.45) is 0 Å². The topological polar surface area (TPSA) is 76.4 Å². The van der Waals surface area contributed by atoms with Crippen molar-refractivity contribution >= 4 is 28.7 Å². The Bertz CT molecular complexity index is 466. The number of rotatable bonds is 6. The normalized spacial score (nSPS) is 9.79. The van der Waals surface area contributed by atoms with Crippen LogP contribution in [0.15, 0.2) is 18.2 Å². The number of non-ortho nitro benzene ring substituents is 1.